The molecule has 4 aliphatic carbocycles. The number of hydrogen-bond acceptors (Lipinski definition) is 2. The topological polar surface area (TPSA) is 26.3 Å². The highest BCUT2D eigenvalue weighted by Crippen LogP contribution is 2.68. The molecule has 8 atom stereocenters. The zero-order valence-electron chi connectivity index (χ0n) is 25.5. The van der Waals surface area contributed by atoms with Gasteiger partial charge in [0, 0.05) is 11.1 Å². The number of methoxy groups -OCH3 is 1. The highest BCUT2D eigenvalue weighted by atomic mass is 16.5. The summed E-state index contributed by atoms with van der Waals surface area (Å²) >= 11 is 0. The van der Waals surface area contributed by atoms with Crippen LogP contribution in [0.1, 0.15) is 111 Å². The zero-order valence-corrected chi connectivity index (χ0v) is 25.5. The zero-order chi connectivity index (χ0) is 27.8. The molecule has 0 amide bonds. The first-order valence-corrected chi connectivity index (χ1v) is 16.0. The molecule has 0 radical (unpaired) electrons. The Morgan fingerprint density at radius 3 is 2.44 bits per heavy atom. The maximum Gasteiger partial charge on any atom is 0.231 e. The van der Waals surface area contributed by atoms with Crippen LogP contribution in [0.3, 0.4) is 0 Å². The van der Waals surface area contributed by atoms with Crippen LogP contribution in [0.5, 0.6) is 5.75 Å². The van der Waals surface area contributed by atoms with Gasteiger partial charge in [-0.1, -0.05) is 65.9 Å². The van der Waals surface area contributed by atoms with Crippen molar-refractivity contribution in [2.75, 3.05) is 7.11 Å². The van der Waals surface area contributed by atoms with Crippen molar-refractivity contribution in [3.63, 3.8) is 0 Å². The Morgan fingerprint density at radius 2 is 1.72 bits per heavy atom. The molecule has 0 aromatic heterocycles. The van der Waals surface area contributed by atoms with Gasteiger partial charge in [0.15, 0.2) is 0 Å². The number of carbonyl (C=O) groups is 1. The van der Waals surface area contributed by atoms with Gasteiger partial charge < -0.3 is 4.74 Å². The minimum Gasteiger partial charge on any atom is -0.497 e. The average Bonchev–Trinajstić information content (AvgIpc) is 3.28. The molecule has 2 heteroatoms. The number of Topliss-reactive ketones (excluding diaryl/α,β-unsaturated/α-hetero) is 1. The Hall–Kier alpha value is -2.01. The van der Waals surface area contributed by atoms with Crippen molar-refractivity contribution < 1.29 is 9.53 Å². The van der Waals surface area contributed by atoms with Gasteiger partial charge in [-0.15, -0.1) is 0 Å². The van der Waals surface area contributed by atoms with Crippen molar-refractivity contribution in [2.45, 2.75) is 105 Å². The van der Waals surface area contributed by atoms with Crippen molar-refractivity contribution in [3.8, 4) is 17.6 Å². The van der Waals surface area contributed by atoms with Gasteiger partial charge in [-0.25, -0.2) is 0 Å². The molecule has 3 saturated carbocycles. The SMILES string of the molecule is COc1ccc(C#CC(=O)C2=CC[C@@]3(C)[C@@H](CC[C@@H]4[C@@H]3CC[C@]3(C)[C@@H]([C@H](C)CCCC(C)C)CC[C@@H]43)C2)cc1. The second kappa shape index (κ2) is 11.5. The molecule has 2 nitrogen and oxygen atoms in total. The lowest BCUT2D eigenvalue weighted by Gasteiger charge is -2.60. The van der Waals surface area contributed by atoms with Crippen LogP contribution < -0.4 is 4.74 Å². The lowest BCUT2D eigenvalue weighted by Crippen LogP contribution is -2.53. The standard InChI is InChI=1S/C37H52O2/c1-25(2)8-7-9-26(3)32-17-18-33-31-16-13-29-24-28(20-22-36(29,4)34(31)21-23-37(32,33)5)35(38)19-12-27-10-14-30(39-6)15-11-27/h10-11,14-15,20,25-26,29,31-34H,7-9,13,16-18,21-24H2,1-6H3/t26-,29+,31+,32-,33+,34+,36+,37-/m1/s1. The second-order valence-corrected chi connectivity index (χ2v) is 14.6. The number of fused-ring (bicyclic) bond motifs is 5. The van der Waals surface area contributed by atoms with E-state index in [1.807, 2.05) is 24.3 Å². The number of carbonyl (C=O) groups excluding carboxylic acids is 1. The first kappa shape index (κ1) is 28.5. The van der Waals surface area contributed by atoms with Crippen molar-refractivity contribution in [2.24, 2.45) is 52.3 Å². The minimum atomic E-state index is 0.0244. The van der Waals surface area contributed by atoms with Gasteiger partial charge in [0.1, 0.15) is 5.75 Å². The quantitative estimate of drug-likeness (QED) is 0.330. The van der Waals surface area contributed by atoms with Crippen molar-refractivity contribution >= 4 is 5.78 Å². The summed E-state index contributed by atoms with van der Waals surface area (Å²) in [6.45, 7) is 12.6. The van der Waals surface area contributed by atoms with Gasteiger partial charge >= 0.3 is 0 Å². The molecule has 0 heterocycles. The second-order valence-electron chi connectivity index (χ2n) is 14.6. The van der Waals surface area contributed by atoms with E-state index in [0.29, 0.717) is 16.7 Å². The lowest BCUT2D eigenvalue weighted by molar-refractivity contribution is -0.114. The summed E-state index contributed by atoms with van der Waals surface area (Å²) in [6, 6.07) is 7.63. The molecule has 5 rings (SSSR count). The molecular formula is C37H52O2. The molecule has 39 heavy (non-hydrogen) atoms. The third-order valence-electron chi connectivity index (χ3n) is 12.2. The molecule has 4 aliphatic rings. The third-order valence-corrected chi connectivity index (χ3v) is 12.2. The Bertz CT molecular complexity index is 1120. The molecule has 0 unspecified atom stereocenters. The number of rotatable bonds is 7. The van der Waals surface area contributed by atoms with Gasteiger partial charge in [-0.2, -0.15) is 0 Å². The van der Waals surface area contributed by atoms with Gasteiger partial charge in [-0.05, 0) is 134 Å². The van der Waals surface area contributed by atoms with Crippen LogP contribution in [-0.4, -0.2) is 12.9 Å². The normalized spacial score (nSPS) is 36.1. The van der Waals surface area contributed by atoms with Crippen LogP contribution in [0.2, 0.25) is 0 Å². The number of ketones is 1. The van der Waals surface area contributed by atoms with E-state index in [1.54, 1.807) is 7.11 Å². The molecule has 1 aromatic rings. The molecular weight excluding hydrogens is 476 g/mol. The smallest absolute Gasteiger partial charge is 0.231 e. The number of benzene rings is 1. The van der Waals surface area contributed by atoms with E-state index in [-0.39, 0.29) is 5.78 Å². The van der Waals surface area contributed by atoms with Gasteiger partial charge in [0.2, 0.25) is 5.78 Å². The van der Waals surface area contributed by atoms with Crippen molar-refractivity contribution in [3.05, 3.63) is 41.5 Å². The summed E-state index contributed by atoms with van der Waals surface area (Å²) in [5, 5.41) is 0. The summed E-state index contributed by atoms with van der Waals surface area (Å²) in [4.78, 5) is 13.1. The molecule has 0 bridgehead atoms. The van der Waals surface area contributed by atoms with E-state index in [0.717, 1.165) is 65.2 Å². The largest absolute Gasteiger partial charge is 0.497 e. The summed E-state index contributed by atoms with van der Waals surface area (Å²) in [5.74, 6) is 12.7. The maximum atomic E-state index is 13.1. The predicted molar refractivity (Wildman–Crippen MR) is 161 cm³/mol. The predicted octanol–water partition coefficient (Wildman–Crippen LogP) is 9.27. The fourth-order valence-electron chi connectivity index (χ4n) is 9.97. The molecule has 0 spiro atoms. The summed E-state index contributed by atoms with van der Waals surface area (Å²) in [7, 11) is 1.66. The Labute approximate surface area is 238 Å². The number of ether oxygens (including phenoxy) is 1. The molecule has 0 saturated heterocycles. The average molecular weight is 529 g/mol. The van der Waals surface area contributed by atoms with Gasteiger partial charge in [0.25, 0.3) is 0 Å². The van der Waals surface area contributed by atoms with Crippen LogP contribution in [0, 0.1) is 64.1 Å². The van der Waals surface area contributed by atoms with Gasteiger partial charge in [-0.3, -0.25) is 4.79 Å². The number of allylic oxidation sites excluding steroid dienone is 2. The van der Waals surface area contributed by atoms with E-state index < -0.39 is 0 Å². The van der Waals surface area contributed by atoms with Crippen LogP contribution in [0.4, 0.5) is 0 Å². The van der Waals surface area contributed by atoms with E-state index >= 15 is 0 Å². The van der Waals surface area contributed by atoms with E-state index in [2.05, 4.69) is 52.5 Å². The summed E-state index contributed by atoms with van der Waals surface area (Å²) < 4.78 is 5.23. The molecule has 1 aromatic carbocycles. The lowest BCUT2D eigenvalue weighted by atomic mass is 9.44. The first-order chi connectivity index (χ1) is 18.7. The van der Waals surface area contributed by atoms with E-state index in [9.17, 15) is 4.79 Å². The van der Waals surface area contributed by atoms with Crippen molar-refractivity contribution in [1.82, 2.24) is 0 Å². The molecule has 212 valence electrons. The third kappa shape index (κ3) is 5.49. The molecule has 3 fully saturated rings. The minimum absolute atomic E-state index is 0.0244. The fraction of sp³-hybridized carbons (Fsp3) is 0.703. The Balaban J connectivity index is 1.25. The molecule has 0 N–H and O–H groups in total. The van der Waals surface area contributed by atoms with Crippen LogP contribution in [-0.2, 0) is 4.79 Å². The number of hydrogen-bond donors (Lipinski definition) is 0. The van der Waals surface area contributed by atoms with Gasteiger partial charge in [0.05, 0.1) is 7.11 Å². The highest BCUT2D eigenvalue weighted by Gasteiger charge is 2.60. The maximum absolute atomic E-state index is 13.1. The van der Waals surface area contributed by atoms with E-state index in [4.69, 9.17) is 4.74 Å². The molecule has 0 aliphatic heterocycles. The Morgan fingerprint density at radius 1 is 0.974 bits per heavy atom. The van der Waals surface area contributed by atoms with Crippen LogP contribution in [0.25, 0.3) is 0 Å². The fourth-order valence-corrected chi connectivity index (χ4v) is 9.97. The summed E-state index contributed by atoms with van der Waals surface area (Å²) in [5.41, 5.74) is 2.72. The van der Waals surface area contributed by atoms with Crippen LogP contribution in [0.15, 0.2) is 35.9 Å². The highest BCUT2D eigenvalue weighted by molar-refractivity contribution is 6.08. The first-order valence-electron chi connectivity index (χ1n) is 16.0. The monoisotopic (exact) mass is 528 g/mol. The summed E-state index contributed by atoms with van der Waals surface area (Å²) in [6.07, 6.45) is 16.9. The van der Waals surface area contributed by atoms with Crippen LogP contribution >= 0.6 is 0 Å². The van der Waals surface area contributed by atoms with E-state index in [1.165, 1.54) is 57.8 Å². The van der Waals surface area contributed by atoms with Crippen molar-refractivity contribution in [1.29, 1.82) is 0 Å². The Kier molecular flexibility index (Phi) is 8.38.